The number of anilines is 1. The van der Waals surface area contributed by atoms with Gasteiger partial charge in [-0.3, -0.25) is 13.9 Å². The van der Waals surface area contributed by atoms with Crippen molar-refractivity contribution in [3.05, 3.63) is 64.2 Å². The van der Waals surface area contributed by atoms with Crippen molar-refractivity contribution in [1.29, 1.82) is 0 Å². The van der Waals surface area contributed by atoms with Gasteiger partial charge in [0.15, 0.2) is 0 Å². The van der Waals surface area contributed by atoms with Crippen LogP contribution >= 0.6 is 11.6 Å². The fourth-order valence-corrected chi connectivity index (χ4v) is 4.63. The minimum atomic E-state index is -3.77. The van der Waals surface area contributed by atoms with Crippen LogP contribution in [0.15, 0.2) is 42.5 Å². The Morgan fingerprint density at radius 3 is 2.26 bits per heavy atom. The Balaban J connectivity index is 2.41. The topological polar surface area (TPSA) is 86.8 Å². The maximum Gasteiger partial charge on any atom is 0.244 e. The SMILES string of the molecule is Cc1ccc(N(CC(=O)N(Cc2ccccc2Cl)[C@H](C)C(=O)NCC(C)C)S(C)(=O)=O)c(C)c1. The van der Waals surface area contributed by atoms with Crippen molar-refractivity contribution in [3.8, 4) is 0 Å². The average Bonchev–Trinajstić information content (AvgIpc) is 2.74. The first-order valence-corrected chi connectivity index (χ1v) is 13.4. The molecule has 186 valence electrons. The number of benzene rings is 2. The van der Waals surface area contributed by atoms with Crippen LogP contribution in [0.5, 0.6) is 0 Å². The van der Waals surface area contributed by atoms with Crippen molar-refractivity contribution in [2.75, 3.05) is 23.7 Å². The summed E-state index contributed by atoms with van der Waals surface area (Å²) in [6.07, 6.45) is 1.07. The monoisotopic (exact) mass is 507 g/mol. The van der Waals surface area contributed by atoms with E-state index in [1.807, 2.05) is 26.8 Å². The molecule has 9 heteroatoms. The summed E-state index contributed by atoms with van der Waals surface area (Å²) in [6.45, 7) is 9.40. The Bertz CT molecular complexity index is 1130. The van der Waals surface area contributed by atoms with E-state index in [1.165, 1.54) is 4.90 Å². The zero-order valence-corrected chi connectivity index (χ0v) is 22.2. The minimum absolute atomic E-state index is 0.0687. The first-order chi connectivity index (χ1) is 15.8. The summed E-state index contributed by atoms with van der Waals surface area (Å²) < 4.78 is 26.4. The van der Waals surface area contributed by atoms with E-state index in [9.17, 15) is 18.0 Å². The van der Waals surface area contributed by atoms with Gasteiger partial charge in [-0.1, -0.05) is 61.3 Å². The van der Waals surface area contributed by atoms with Gasteiger partial charge >= 0.3 is 0 Å². The molecule has 0 saturated carbocycles. The summed E-state index contributed by atoms with van der Waals surface area (Å²) in [5.41, 5.74) is 2.81. The Hall–Kier alpha value is -2.58. The fraction of sp³-hybridized carbons (Fsp3) is 0.440. The molecular weight excluding hydrogens is 474 g/mol. The van der Waals surface area contributed by atoms with Crippen LogP contribution in [0.2, 0.25) is 5.02 Å². The Labute approximate surface area is 208 Å². The average molecular weight is 508 g/mol. The first-order valence-electron chi connectivity index (χ1n) is 11.2. The summed E-state index contributed by atoms with van der Waals surface area (Å²) in [4.78, 5) is 27.8. The van der Waals surface area contributed by atoms with E-state index in [4.69, 9.17) is 11.6 Å². The quantitative estimate of drug-likeness (QED) is 0.528. The molecule has 0 aliphatic carbocycles. The number of aryl methyl sites for hydroxylation is 2. The smallest absolute Gasteiger partial charge is 0.244 e. The number of halogens is 1. The van der Waals surface area contributed by atoms with Gasteiger partial charge < -0.3 is 10.2 Å². The maximum atomic E-state index is 13.5. The number of hydrogen-bond acceptors (Lipinski definition) is 4. The molecule has 0 aliphatic rings. The molecular formula is C25H34ClN3O4S. The number of sulfonamides is 1. The molecule has 1 atom stereocenters. The number of hydrogen-bond donors (Lipinski definition) is 1. The van der Waals surface area contributed by atoms with E-state index in [2.05, 4.69) is 5.32 Å². The molecule has 7 nitrogen and oxygen atoms in total. The van der Waals surface area contributed by atoms with Crippen LogP contribution in [0.25, 0.3) is 0 Å². The summed E-state index contributed by atoms with van der Waals surface area (Å²) >= 11 is 6.32. The second-order valence-electron chi connectivity index (χ2n) is 8.99. The molecule has 1 N–H and O–H groups in total. The van der Waals surface area contributed by atoms with Gasteiger partial charge in [-0.25, -0.2) is 8.42 Å². The van der Waals surface area contributed by atoms with Crippen molar-refractivity contribution < 1.29 is 18.0 Å². The number of nitrogens with one attached hydrogen (secondary N) is 1. The van der Waals surface area contributed by atoms with Crippen LogP contribution in [0.4, 0.5) is 5.69 Å². The van der Waals surface area contributed by atoms with E-state index in [1.54, 1.807) is 50.2 Å². The normalized spacial score (nSPS) is 12.4. The zero-order chi connectivity index (χ0) is 25.6. The summed E-state index contributed by atoms with van der Waals surface area (Å²) in [5, 5.41) is 3.31. The molecule has 0 bridgehead atoms. The van der Waals surface area contributed by atoms with Crippen molar-refractivity contribution >= 4 is 39.1 Å². The fourth-order valence-electron chi connectivity index (χ4n) is 3.53. The standard InChI is InChI=1S/C25H34ClN3O4S/c1-17(2)14-27-25(31)20(5)28(15-21-9-7-8-10-22(21)26)24(30)16-29(34(6,32)33)23-12-11-18(3)13-19(23)4/h7-13,17,20H,14-16H2,1-6H3,(H,27,31)/t20-/m1/s1. The second-order valence-corrected chi connectivity index (χ2v) is 11.3. The summed E-state index contributed by atoms with van der Waals surface area (Å²) in [6, 6.07) is 11.6. The van der Waals surface area contributed by atoms with Crippen LogP contribution in [0.1, 0.15) is 37.5 Å². The summed E-state index contributed by atoms with van der Waals surface area (Å²) in [5.74, 6) is -0.571. The van der Waals surface area contributed by atoms with E-state index in [-0.39, 0.29) is 18.4 Å². The number of rotatable bonds is 10. The molecule has 2 aromatic rings. The molecule has 0 spiro atoms. The molecule has 0 radical (unpaired) electrons. The lowest BCUT2D eigenvalue weighted by molar-refractivity contribution is -0.139. The molecule has 0 heterocycles. The highest BCUT2D eigenvalue weighted by molar-refractivity contribution is 7.92. The van der Waals surface area contributed by atoms with Gasteiger partial charge in [0.1, 0.15) is 12.6 Å². The number of nitrogens with zero attached hydrogens (tertiary/aromatic N) is 2. The number of carbonyl (C=O) groups is 2. The van der Waals surface area contributed by atoms with Gasteiger partial charge in [0.2, 0.25) is 21.8 Å². The summed E-state index contributed by atoms with van der Waals surface area (Å²) in [7, 11) is -3.77. The lowest BCUT2D eigenvalue weighted by atomic mass is 10.1. The molecule has 34 heavy (non-hydrogen) atoms. The van der Waals surface area contributed by atoms with Gasteiger partial charge in [-0.15, -0.1) is 0 Å². The number of amides is 2. The largest absolute Gasteiger partial charge is 0.354 e. The predicted octanol–water partition coefficient (Wildman–Crippen LogP) is 3.91. The van der Waals surface area contributed by atoms with Crippen LogP contribution < -0.4 is 9.62 Å². The first kappa shape index (κ1) is 27.7. The molecule has 0 aliphatic heterocycles. The third kappa shape index (κ3) is 7.46. The Kier molecular flexibility index (Phi) is 9.53. The van der Waals surface area contributed by atoms with Crippen molar-refractivity contribution in [3.63, 3.8) is 0 Å². The highest BCUT2D eigenvalue weighted by Crippen LogP contribution is 2.25. The lowest BCUT2D eigenvalue weighted by Crippen LogP contribution is -2.51. The van der Waals surface area contributed by atoms with Gasteiger partial charge in [0, 0.05) is 18.1 Å². The zero-order valence-electron chi connectivity index (χ0n) is 20.6. The lowest BCUT2D eigenvalue weighted by Gasteiger charge is -2.32. The highest BCUT2D eigenvalue weighted by Gasteiger charge is 2.30. The Morgan fingerprint density at radius 1 is 1.06 bits per heavy atom. The second kappa shape index (κ2) is 11.7. The molecule has 0 saturated heterocycles. The van der Waals surface area contributed by atoms with Gasteiger partial charge in [0.25, 0.3) is 0 Å². The van der Waals surface area contributed by atoms with Gasteiger partial charge in [-0.2, -0.15) is 0 Å². The van der Waals surface area contributed by atoms with Crippen LogP contribution in [0, 0.1) is 19.8 Å². The molecule has 2 rings (SSSR count). The Morgan fingerprint density at radius 2 is 1.71 bits per heavy atom. The highest BCUT2D eigenvalue weighted by atomic mass is 35.5. The maximum absolute atomic E-state index is 13.5. The van der Waals surface area contributed by atoms with Crippen molar-refractivity contribution in [1.82, 2.24) is 10.2 Å². The van der Waals surface area contributed by atoms with Gasteiger partial charge in [0.05, 0.1) is 11.9 Å². The minimum Gasteiger partial charge on any atom is -0.354 e. The van der Waals surface area contributed by atoms with Crippen LogP contribution in [-0.4, -0.2) is 50.5 Å². The number of carbonyl (C=O) groups excluding carboxylic acids is 2. The van der Waals surface area contributed by atoms with Crippen molar-refractivity contribution in [2.45, 2.75) is 47.2 Å². The van der Waals surface area contributed by atoms with Crippen LogP contribution in [0.3, 0.4) is 0 Å². The molecule has 0 unspecified atom stereocenters. The van der Waals surface area contributed by atoms with E-state index in [0.717, 1.165) is 21.7 Å². The molecule has 0 aromatic heterocycles. The van der Waals surface area contributed by atoms with E-state index < -0.39 is 28.5 Å². The molecule has 2 amide bonds. The third-order valence-corrected chi connectivity index (χ3v) is 6.95. The van der Waals surface area contributed by atoms with Crippen LogP contribution in [-0.2, 0) is 26.2 Å². The third-order valence-electron chi connectivity index (χ3n) is 5.45. The predicted molar refractivity (Wildman–Crippen MR) is 137 cm³/mol. The molecule has 2 aromatic carbocycles. The van der Waals surface area contributed by atoms with E-state index >= 15 is 0 Å². The molecule has 0 fully saturated rings. The van der Waals surface area contributed by atoms with E-state index in [0.29, 0.717) is 22.8 Å². The van der Waals surface area contributed by atoms with Gasteiger partial charge in [-0.05, 0) is 49.9 Å². The van der Waals surface area contributed by atoms with Crippen molar-refractivity contribution in [2.24, 2.45) is 5.92 Å².